The standard InChI is InChI=1S/C25H28N2O5/c1-3-32-19-12-10-18(11-13-19)27-24(29)22(20-8-4-5-9-21(20)31-2)23(25(27)30)26-14-6-7-17(15-26)16-28/h4-5,8-13,17,28H,3,6-7,14-16H2,1-2H3. The molecule has 1 atom stereocenters. The van der Waals surface area contributed by atoms with E-state index in [1.54, 1.807) is 43.5 Å². The number of methoxy groups -OCH3 is 1. The van der Waals surface area contributed by atoms with Crippen molar-refractivity contribution in [2.45, 2.75) is 19.8 Å². The topological polar surface area (TPSA) is 79.3 Å². The molecule has 1 N–H and O–H groups in total. The average Bonchev–Trinajstić information content (AvgIpc) is 3.09. The number of nitrogens with zero attached hydrogens (tertiary/aromatic N) is 2. The summed E-state index contributed by atoms with van der Waals surface area (Å²) in [4.78, 5) is 30.5. The first-order valence-electron chi connectivity index (χ1n) is 10.9. The van der Waals surface area contributed by atoms with Crippen LogP contribution in [-0.4, -0.2) is 55.2 Å². The fraction of sp³-hybridized carbons (Fsp3) is 0.360. The number of benzene rings is 2. The highest BCUT2D eigenvalue weighted by Gasteiger charge is 2.44. The Labute approximate surface area is 187 Å². The first-order chi connectivity index (χ1) is 15.6. The van der Waals surface area contributed by atoms with Crippen LogP contribution in [-0.2, 0) is 9.59 Å². The highest BCUT2D eigenvalue weighted by atomic mass is 16.5. The van der Waals surface area contributed by atoms with Crippen molar-refractivity contribution in [3.05, 3.63) is 59.8 Å². The summed E-state index contributed by atoms with van der Waals surface area (Å²) in [5, 5.41) is 9.70. The molecule has 2 aromatic carbocycles. The third-order valence-corrected chi connectivity index (χ3v) is 5.94. The van der Waals surface area contributed by atoms with E-state index in [9.17, 15) is 14.7 Å². The van der Waals surface area contributed by atoms with Crippen molar-refractivity contribution in [1.29, 1.82) is 0 Å². The van der Waals surface area contributed by atoms with E-state index in [1.165, 1.54) is 4.90 Å². The summed E-state index contributed by atoms with van der Waals surface area (Å²) in [7, 11) is 1.55. The van der Waals surface area contributed by atoms with Gasteiger partial charge < -0.3 is 19.5 Å². The molecule has 0 aromatic heterocycles. The van der Waals surface area contributed by atoms with Gasteiger partial charge in [-0.05, 0) is 56.0 Å². The van der Waals surface area contributed by atoms with Crippen LogP contribution in [0.4, 0.5) is 5.69 Å². The molecule has 2 aliphatic rings. The van der Waals surface area contributed by atoms with Crippen LogP contribution in [0.5, 0.6) is 11.5 Å². The van der Waals surface area contributed by atoms with Gasteiger partial charge in [-0.25, -0.2) is 4.90 Å². The van der Waals surface area contributed by atoms with Crippen LogP contribution in [0.3, 0.4) is 0 Å². The molecule has 32 heavy (non-hydrogen) atoms. The largest absolute Gasteiger partial charge is 0.496 e. The van der Waals surface area contributed by atoms with Gasteiger partial charge >= 0.3 is 0 Å². The minimum absolute atomic E-state index is 0.0541. The van der Waals surface area contributed by atoms with Crippen molar-refractivity contribution in [3.8, 4) is 11.5 Å². The molecular formula is C25H28N2O5. The fourth-order valence-electron chi connectivity index (χ4n) is 4.42. The second-order valence-corrected chi connectivity index (χ2v) is 7.93. The van der Waals surface area contributed by atoms with Gasteiger partial charge in [0.2, 0.25) is 0 Å². The molecule has 4 rings (SSSR count). The summed E-state index contributed by atoms with van der Waals surface area (Å²) < 4.78 is 11.0. The fourth-order valence-corrected chi connectivity index (χ4v) is 4.42. The lowest BCUT2D eigenvalue weighted by Gasteiger charge is -2.34. The third-order valence-electron chi connectivity index (χ3n) is 5.94. The van der Waals surface area contributed by atoms with Crippen LogP contribution in [0.25, 0.3) is 5.57 Å². The Morgan fingerprint density at radius 1 is 1.06 bits per heavy atom. The van der Waals surface area contributed by atoms with E-state index in [0.717, 1.165) is 12.8 Å². The van der Waals surface area contributed by atoms with E-state index in [4.69, 9.17) is 9.47 Å². The number of carbonyl (C=O) groups is 2. The minimum atomic E-state index is -0.384. The predicted octanol–water partition coefficient (Wildman–Crippen LogP) is 3.08. The lowest BCUT2D eigenvalue weighted by molar-refractivity contribution is -0.120. The Morgan fingerprint density at radius 2 is 1.81 bits per heavy atom. The summed E-state index contributed by atoms with van der Waals surface area (Å²) in [6.07, 6.45) is 1.74. The second-order valence-electron chi connectivity index (χ2n) is 7.93. The first-order valence-corrected chi connectivity index (χ1v) is 10.9. The summed E-state index contributed by atoms with van der Waals surface area (Å²) >= 11 is 0. The summed E-state index contributed by atoms with van der Waals surface area (Å²) in [5.41, 5.74) is 1.77. The monoisotopic (exact) mass is 436 g/mol. The molecule has 0 saturated carbocycles. The molecule has 1 unspecified atom stereocenters. The highest BCUT2D eigenvalue weighted by molar-refractivity contribution is 6.45. The summed E-state index contributed by atoms with van der Waals surface area (Å²) in [5.74, 6) is 0.529. The van der Waals surface area contributed by atoms with Gasteiger partial charge in [0.15, 0.2) is 0 Å². The van der Waals surface area contributed by atoms with Crippen molar-refractivity contribution in [1.82, 2.24) is 4.90 Å². The number of likely N-dealkylation sites (tertiary alicyclic amines) is 1. The Kier molecular flexibility index (Phi) is 6.46. The Balaban J connectivity index is 1.79. The number of ether oxygens (including phenoxy) is 2. The molecule has 2 amide bonds. The number of aliphatic hydroxyl groups is 1. The molecule has 1 saturated heterocycles. The van der Waals surface area contributed by atoms with E-state index >= 15 is 0 Å². The van der Waals surface area contributed by atoms with E-state index in [-0.39, 0.29) is 24.3 Å². The van der Waals surface area contributed by atoms with Crippen molar-refractivity contribution in [3.63, 3.8) is 0 Å². The highest BCUT2D eigenvalue weighted by Crippen LogP contribution is 2.39. The van der Waals surface area contributed by atoms with Crippen LogP contribution in [0.2, 0.25) is 0 Å². The van der Waals surface area contributed by atoms with Gasteiger partial charge in [0.05, 0.1) is 25.0 Å². The first kappa shape index (κ1) is 21.9. The molecule has 2 aromatic rings. The summed E-state index contributed by atoms with van der Waals surface area (Å²) in [6, 6.07) is 14.2. The smallest absolute Gasteiger partial charge is 0.282 e. The number of amides is 2. The van der Waals surface area contributed by atoms with Gasteiger partial charge in [0.25, 0.3) is 11.8 Å². The van der Waals surface area contributed by atoms with E-state index in [2.05, 4.69) is 0 Å². The van der Waals surface area contributed by atoms with E-state index in [1.807, 2.05) is 24.0 Å². The van der Waals surface area contributed by atoms with Gasteiger partial charge in [-0.2, -0.15) is 0 Å². The van der Waals surface area contributed by atoms with Gasteiger partial charge in [-0.15, -0.1) is 0 Å². The lowest BCUT2D eigenvalue weighted by atomic mass is 9.96. The van der Waals surface area contributed by atoms with Crippen LogP contribution >= 0.6 is 0 Å². The average molecular weight is 437 g/mol. The van der Waals surface area contributed by atoms with Crippen LogP contribution in [0.15, 0.2) is 54.2 Å². The quantitative estimate of drug-likeness (QED) is 0.672. The maximum atomic E-state index is 13.7. The number of piperidine rings is 1. The molecule has 0 aliphatic carbocycles. The van der Waals surface area contributed by atoms with Crippen molar-refractivity contribution in [2.24, 2.45) is 5.92 Å². The van der Waals surface area contributed by atoms with Crippen LogP contribution in [0.1, 0.15) is 25.3 Å². The van der Waals surface area contributed by atoms with E-state index in [0.29, 0.717) is 53.7 Å². The number of rotatable bonds is 7. The molecule has 168 valence electrons. The molecule has 2 aliphatic heterocycles. The molecule has 7 heteroatoms. The molecule has 0 bridgehead atoms. The third kappa shape index (κ3) is 3.96. The number of hydrogen-bond donors (Lipinski definition) is 1. The number of hydrogen-bond acceptors (Lipinski definition) is 6. The molecular weight excluding hydrogens is 408 g/mol. The zero-order valence-electron chi connectivity index (χ0n) is 18.4. The molecule has 7 nitrogen and oxygen atoms in total. The number of carbonyl (C=O) groups excluding carboxylic acids is 2. The lowest BCUT2D eigenvalue weighted by Crippen LogP contribution is -2.40. The summed E-state index contributed by atoms with van der Waals surface area (Å²) in [6.45, 7) is 3.67. The number of imide groups is 1. The molecule has 0 spiro atoms. The van der Waals surface area contributed by atoms with Crippen LogP contribution < -0.4 is 14.4 Å². The maximum absolute atomic E-state index is 13.7. The second kappa shape index (κ2) is 9.44. The zero-order valence-corrected chi connectivity index (χ0v) is 18.4. The van der Waals surface area contributed by atoms with Crippen molar-refractivity contribution < 1.29 is 24.2 Å². The van der Waals surface area contributed by atoms with Crippen LogP contribution in [0, 0.1) is 5.92 Å². The van der Waals surface area contributed by atoms with Gasteiger partial charge in [0.1, 0.15) is 17.2 Å². The Morgan fingerprint density at radius 3 is 2.50 bits per heavy atom. The molecule has 1 fully saturated rings. The van der Waals surface area contributed by atoms with Gasteiger partial charge in [0, 0.05) is 25.3 Å². The Bertz CT molecular complexity index is 1030. The zero-order chi connectivity index (χ0) is 22.7. The molecule has 0 radical (unpaired) electrons. The van der Waals surface area contributed by atoms with Gasteiger partial charge in [-0.3, -0.25) is 9.59 Å². The number of aliphatic hydroxyl groups excluding tert-OH is 1. The predicted molar refractivity (Wildman–Crippen MR) is 121 cm³/mol. The van der Waals surface area contributed by atoms with Crippen molar-refractivity contribution in [2.75, 3.05) is 38.3 Å². The van der Waals surface area contributed by atoms with Crippen molar-refractivity contribution >= 4 is 23.1 Å². The minimum Gasteiger partial charge on any atom is -0.496 e. The van der Waals surface area contributed by atoms with Gasteiger partial charge in [-0.1, -0.05) is 18.2 Å². The Hall–Kier alpha value is -3.32. The normalized spacial score (nSPS) is 19.0. The van der Waals surface area contributed by atoms with E-state index < -0.39 is 0 Å². The number of para-hydroxylation sites is 1. The SMILES string of the molecule is CCOc1ccc(N2C(=O)C(c3ccccc3OC)=C(N3CCCC(CO)C3)C2=O)cc1. The maximum Gasteiger partial charge on any atom is 0.282 e. The molecule has 2 heterocycles. The number of anilines is 1.